The Balaban J connectivity index is 1.12. The number of hydrogen-bond donors (Lipinski definition) is 0. The predicted octanol–water partition coefficient (Wildman–Crippen LogP) is 13.0. The van der Waals surface area contributed by atoms with Crippen LogP contribution in [0, 0.1) is 0 Å². The SMILES string of the molecule is CN(C)c1ccc(N2c3ccc(-c4ccc5c6cc7c(cc6c6cccc4c65)c4cccc5cccc7c54)cc3C3(C)CCCCC23C)cc1. The monoisotopic (exact) mass is 644 g/mol. The molecule has 9 aromatic rings. The van der Waals surface area contributed by atoms with E-state index in [1.165, 1.54) is 124 Å². The summed E-state index contributed by atoms with van der Waals surface area (Å²) in [7, 11) is 4.23. The number of nitrogens with zero attached hydrogens (tertiary/aromatic N) is 2. The van der Waals surface area contributed by atoms with Gasteiger partial charge >= 0.3 is 0 Å². The van der Waals surface area contributed by atoms with Crippen LogP contribution in [0.3, 0.4) is 0 Å². The zero-order chi connectivity index (χ0) is 33.5. The molecule has 0 spiro atoms. The maximum absolute atomic E-state index is 2.69. The van der Waals surface area contributed by atoms with Gasteiger partial charge in [-0.15, -0.1) is 0 Å². The van der Waals surface area contributed by atoms with Crippen LogP contribution >= 0.6 is 0 Å². The fourth-order valence-electron chi connectivity index (χ4n) is 10.6. The van der Waals surface area contributed by atoms with Crippen molar-refractivity contribution in [2.75, 3.05) is 23.9 Å². The summed E-state index contributed by atoms with van der Waals surface area (Å²) in [6.45, 7) is 5.07. The first kappa shape index (κ1) is 28.5. The lowest BCUT2D eigenvalue weighted by atomic mass is 9.61. The molecule has 2 aliphatic rings. The maximum atomic E-state index is 2.69. The topological polar surface area (TPSA) is 6.48 Å². The van der Waals surface area contributed by atoms with E-state index in [4.69, 9.17) is 0 Å². The molecule has 2 unspecified atom stereocenters. The molecule has 0 radical (unpaired) electrons. The molecule has 1 heterocycles. The van der Waals surface area contributed by atoms with E-state index < -0.39 is 0 Å². The quantitative estimate of drug-likeness (QED) is 0.189. The van der Waals surface area contributed by atoms with Gasteiger partial charge in [-0.05, 0) is 150 Å². The lowest BCUT2D eigenvalue weighted by Gasteiger charge is -2.50. The van der Waals surface area contributed by atoms with Crippen LogP contribution < -0.4 is 9.80 Å². The van der Waals surface area contributed by atoms with Gasteiger partial charge < -0.3 is 9.80 Å². The fraction of sp³-hybridized carbons (Fsp3) is 0.208. The van der Waals surface area contributed by atoms with Crippen LogP contribution in [0.1, 0.15) is 45.1 Å². The van der Waals surface area contributed by atoms with Crippen molar-refractivity contribution in [2.24, 2.45) is 0 Å². The number of benzene rings is 7. The second-order valence-electron chi connectivity index (χ2n) is 15.8. The Morgan fingerprint density at radius 3 is 1.82 bits per heavy atom. The molecular formula is C48H40N2. The largest absolute Gasteiger partial charge is 0.378 e. The van der Waals surface area contributed by atoms with Gasteiger partial charge in [0.05, 0.1) is 5.54 Å². The summed E-state index contributed by atoms with van der Waals surface area (Å²) in [5.41, 5.74) is 8.17. The second-order valence-corrected chi connectivity index (χ2v) is 15.8. The molecule has 11 rings (SSSR count). The van der Waals surface area contributed by atoms with Gasteiger partial charge in [-0.25, -0.2) is 0 Å². The van der Waals surface area contributed by atoms with Gasteiger partial charge in [-0.3, -0.25) is 0 Å². The lowest BCUT2D eigenvalue weighted by molar-refractivity contribution is 0.195. The Hall–Kier alpha value is -5.34. The van der Waals surface area contributed by atoms with Gasteiger partial charge in [-0.1, -0.05) is 92.6 Å². The minimum atomic E-state index is 0.0266. The molecular weight excluding hydrogens is 605 g/mol. The molecule has 1 fully saturated rings. The van der Waals surface area contributed by atoms with Gasteiger partial charge in [0.25, 0.3) is 0 Å². The van der Waals surface area contributed by atoms with E-state index in [0.717, 1.165) is 0 Å². The van der Waals surface area contributed by atoms with E-state index in [-0.39, 0.29) is 11.0 Å². The normalized spacial score (nSPS) is 20.6. The fourth-order valence-corrected chi connectivity index (χ4v) is 10.6. The van der Waals surface area contributed by atoms with Gasteiger partial charge in [0.2, 0.25) is 0 Å². The highest BCUT2D eigenvalue weighted by molar-refractivity contribution is 6.38. The molecule has 0 amide bonds. The molecule has 2 nitrogen and oxygen atoms in total. The highest BCUT2D eigenvalue weighted by Gasteiger charge is 2.57. The minimum absolute atomic E-state index is 0.0266. The maximum Gasteiger partial charge on any atom is 0.0517 e. The third-order valence-electron chi connectivity index (χ3n) is 13.3. The highest BCUT2D eigenvalue weighted by Crippen LogP contribution is 2.61. The van der Waals surface area contributed by atoms with Crippen molar-refractivity contribution in [1.82, 2.24) is 0 Å². The lowest BCUT2D eigenvalue weighted by Crippen LogP contribution is -2.54. The molecule has 1 aliphatic heterocycles. The van der Waals surface area contributed by atoms with Crippen LogP contribution in [0.5, 0.6) is 0 Å². The van der Waals surface area contributed by atoms with Crippen molar-refractivity contribution in [1.29, 1.82) is 0 Å². The zero-order valence-electron chi connectivity index (χ0n) is 29.3. The van der Waals surface area contributed by atoms with Crippen molar-refractivity contribution < 1.29 is 0 Å². The average molecular weight is 645 g/mol. The Kier molecular flexibility index (Phi) is 5.51. The van der Waals surface area contributed by atoms with Crippen LogP contribution in [0.15, 0.2) is 121 Å². The highest BCUT2D eigenvalue weighted by atomic mass is 15.3. The van der Waals surface area contributed by atoms with E-state index in [2.05, 4.69) is 159 Å². The van der Waals surface area contributed by atoms with Crippen molar-refractivity contribution >= 4 is 81.7 Å². The molecule has 0 bridgehead atoms. The third kappa shape index (κ3) is 3.44. The second kappa shape index (κ2) is 9.67. The molecule has 1 saturated carbocycles. The molecule has 0 N–H and O–H groups in total. The predicted molar refractivity (Wildman–Crippen MR) is 216 cm³/mol. The smallest absolute Gasteiger partial charge is 0.0517 e. The molecule has 242 valence electrons. The van der Waals surface area contributed by atoms with Crippen molar-refractivity contribution in [3.05, 3.63) is 127 Å². The summed E-state index contributed by atoms with van der Waals surface area (Å²) >= 11 is 0. The molecule has 2 atom stereocenters. The molecule has 50 heavy (non-hydrogen) atoms. The molecule has 0 saturated heterocycles. The summed E-state index contributed by atoms with van der Waals surface area (Å²) in [6, 6.07) is 46.8. The molecule has 1 aliphatic carbocycles. The van der Waals surface area contributed by atoms with E-state index in [1.54, 1.807) is 0 Å². The Morgan fingerprint density at radius 1 is 0.540 bits per heavy atom. The van der Waals surface area contributed by atoms with Gasteiger partial charge in [0, 0.05) is 36.6 Å². The number of fused-ring (bicyclic) bond motifs is 9. The van der Waals surface area contributed by atoms with E-state index in [1.807, 2.05) is 0 Å². The summed E-state index contributed by atoms with van der Waals surface area (Å²) in [4.78, 5) is 4.87. The third-order valence-corrected chi connectivity index (χ3v) is 13.3. The van der Waals surface area contributed by atoms with Gasteiger partial charge in [0.1, 0.15) is 0 Å². The standard InChI is InChI=1S/C48H40N2/c1-47-24-5-6-25-48(47,2)50(32-19-17-31(18-20-32)49(3)4)44-23-16-30(26-43(44)47)33-21-22-38-42-28-40-36-13-8-11-29-10-7-12-35(45(29)36)39(40)27-41(42)37-15-9-14-34(33)46(37)38/h7-23,26-28H,5-6,24-25H2,1-4H3. The molecule has 2 heteroatoms. The van der Waals surface area contributed by atoms with E-state index >= 15 is 0 Å². The van der Waals surface area contributed by atoms with Gasteiger partial charge in [0.15, 0.2) is 0 Å². The first-order valence-corrected chi connectivity index (χ1v) is 18.4. The average Bonchev–Trinajstić information content (AvgIpc) is 3.70. The number of anilines is 3. The van der Waals surface area contributed by atoms with Crippen molar-refractivity contribution in [3.8, 4) is 11.1 Å². The molecule has 9 aromatic carbocycles. The van der Waals surface area contributed by atoms with Gasteiger partial charge in [-0.2, -0.15) is 0 Å². The summed E-state index contributed by atoms with van der Waals surface area (Å²) in [5.74, 6) is 0. The Morgan fingerprint density at radius 2 is 1.14 bits per heavy atom. The first-order valence-electron chi connectivity index (χ1n) is 18.4. The van der Waals surface area contributed by atoms with Crippen molar-refractivity contribution in [2.45, 2.75) is 50.5 Å². The van der Waals surface area contributed by atoms with Crippen LogP contribution in [0.4, 0.5) is 17.1 Å². The molecule has 0 aromatic heterocycles. The zero-order valence-corrected chi connectivity index (χ0v) is 29.3. The Labute approximate surface area is 293 Å². The Bertz CT molecular complexity index is 2740. The van der Waals surface area contributed by atoms with Crippen molar-refractivity contribution in [3.63, 3.8) is 0 Å². The van der Waals surface area contributed by atoms with Crippen LogP contribution in [0.2, 0.25) is 0 Å². The number of hydrogen-bond acceptors (Lipinski definition) is 2. The van der Waals surface area contributed by atoms with E-state index in [9.17, 15) is 0 Å². The van der Waals surface area contributed by atoms with Crippen LogP contribution in [0.25, 0.3) is 75.8 Å². The summed E-state index contributed by atoms with van der Waals surface area (Å²) < 4.78 is 0. The number of rotatable bonds is 3. The summed E-state index contributed by atoms with van der Waals surface area (Å²) in [6.07, 6.45) is 4.97. The summed E-state index contributed by atoms with van der Waals surface area (Å²) in [5, 5.41) is 16.4. The minimum Gasteiger partial charge on any atom is -0.378 e. The van der Waals surface area contributed by atoms with E-state index in [0.29, 0.717) is 0 Å². The van der Waals surface area contributed by atoms with Crippen LogP contribution in [-0.4, -0.2) is 19.6 Å². The van der Waals surface area contributed by atoms with Crippen LogP contribution in [-0.2, 0) is 5.41 Å². The first-order chi connectivity index (χ1) is 24.4.